The maximum atomic E-state index is 13.0. The number of thioether (sulfide) groups is 1. The summed E-state index contributed by atoms with van der Waals surface area (Å²) in [5.74, 6) is 1.22. The number of fused-ring (bicyclic) bond motifs is 2. The van der Waals surface area contributed by atoms with Crippen molar-refractivity contribution in [2.45, 2.75) is 50.5 Å². The molecule has 4 heterocycles. The second kappa shape index (κ2) is 6.56. The lowest BCUT2D eigenvalue weighted by atomic mass is 10.1. The van der Waals surface area contributed by atoms with Crippen molar-refractivity contribution in [1.29, 1.82) is 0 Å². The van der Waals surface area contributed by atoms with E-state index in [9.17, 15) is 9.59 Å². The zero-order chi connectivity index (χ0) is 19.2. The standard InChI is InChI=1S/C18H21N5O3S/c1-18(2,3)23-15-13(9-20-23)16(25)22-11(10-27-17(22)21-15)7-14(24)19-8-12-5-4-6-26-12/h4-6,9,11H,7-8,10H2,1-3H3,(H,19,24). The maximum absolute atomic E-state index is 13.0. The number of furan rings is 1. The van der Waals surface area contributed by atoms with E-state index in [2.05, 4.69) is 15.4 Å². The fourth-order valence-electron chi connectivity index (χ4n) is 3.16. The Balaban J connectivity index is 1.58. The third kappa shape index (κ3) is 3.27. The van der Waals surface area contributed by atoms with Gasteiger partial charge in [-0.05, 0) is 32.9 Å². The van der Waals surface area contributed by atoms with Crippen LogP contribution in [0.1, 0.15) is 39.0 Å². The second-order valence-electron chi connectivity index (χ2n) is 7.56. The number of hydrogen-bond donors (Lipinski definition) is 1. The monoisotopic (exact) mass is 387 g/mol. The van der Waals surface area contributed by atoms with Crippen LogP contribution in [0, 0.1) is 0 Å². The summed E-state index contributed by atoms with van der Waals surface area (Å²) < 4.78 is 8.62. The second-order valence-corrected chi connectivity index (χ2v) is 8.55. The van der Waals surface area contributed by atoms with Gasteiger partial charge in [0.1, 0.15) is 11.1 Å². The number of amides is 1. The normalized spacial score (nSPS) is 16.6. The Labute approximate surface area is 159 Å². The van der Waals surface area contributed by atoms with Gasteiger partial charge in [0.25, 0.3) is 5.56 Å². The molecule has 1 N–H and O–H groups in total. The molecule has 1 aliphatic heterocycles. The van der Waals surface area contributed by atoms with E-state index in [0.29, 0.717) is 34.2 Å². The van der Waals surface area contributed by atoms with E-state index in [1.807, 2.05) is 20.8 Å². The van der Waals surface area contributed by atoms with Crippen LogP contribution in [0.5, 0.6) is 0 Å². The molecule has 27 heavy (non-hydrogen) atoms. The minimum absolute atomic E-state index is 0.123. The van der Waals surface area contributed by atoms with E-state index >= 15 is 0 Å². The van der Waals surface area contributed by atoms with Crippen LogP contribution in [-0.2, 0) is 16.9 Å². The molecule has 0 aromatic carbocycles. The molecule has 0 radical (unpaired) electrons. The van der Waals surface area contributed by atoms with Gasteiger partial charge in [-0.25, -0.2) is 9.67 Å². The number of nitrogens with one attached hydrogen (secondary N) is 1. The molecule has 0 saturated heterocycles. The van der Waals surface area contributed by atoms with Gasteiger partial charge >= 0.3 is 0 Å². The molecule has 1 amide bonds. The molecular formula is C18H21N5O3S. The van der Waals surface area contributed by atoms with Gasteiger partial charge in [-0.15, -0.1) is 0 Å². The summed E-state index contributed by atoms with van der Waals surface area (Å²) >= 11 is 1.50. The van der Waals surface area contributed by atoms with Crippen molar-refractivity contribution >= 4 is 28.7 Å². The van der Waals surface area contributed by atoms with Gasteiger partial charge in [0.05, 0.1) is 30.6 Å². The number of aromatic nitrogens is 4. The number of carbonyl (C=O) groups excluding carboxylic acids is 1. The van der Waals surface area contributed by atoms with E-state index in [1.165, 1.54) is 11.8 Å². The summed E-state index contributed by atoms with van der Waals surface area (Å²) in [6.45, 7) is 6.39. The van der Waals surface area contributed by atoms with E-state index in [1.54, 1.807) is 33.8 Å². The van der Waals surface area contributed by atoms with Gasteiger partial charge in [0.15, 0.2) is 10.8 Å². The molecular weight excluding hydrogens is 366 g/mol. The Bertz CT molecular complexity index is 1050. The maximum Gasteiger partial charge on any atom is 0.265 e. The number of carbonyl (C=O) groups is 1. The summed E-state index contributed by atoms with van der Waals surface area (Å²) in [4.78, 5) is 30.0. The SMILES string of the molecule is CC(C)(C)n1ncc2c(=O)n3c(nc21)SCC3CC(=O)NCc1ccco1. The average molecular weight is 387 g/mol. The molecule has 1 atom stereocenters. The molecule has 0 bridgehead atoms. The molecule has 142 valence electrons. The van der Waals surface area contributed by atoms with Crippen LogP contribution >= 0.6 is 11.8 Å². The highest BCUT2D eigenvalue weighted by molar-refractivity contribution is 7.99. The van der Waals surface area contributed by atoms with Crippen LogP contribution in [0.2, 0.25) is 0 Å². The topological polar surface area (TPSA) is 95.0 Å². The highest BCUT2D eigenvalue weighted by Gasteiger charge is 2.30. The lowest BCUT2D eigenvalue weighted by molar-refractivity contribution is -0.122. The third-order valence-corrected chi connectivity index (χ3v) is 5.56. The van der Waals surface area contributed by atoms with Crippen molar-refractivity contribution in [1.82, 2.24) is 24.6 Å². The highest BCUT2D eigenvalue weighted by atomic mass is 32.2. The van der Waals surface area contributed by atoms with E-state index in [-0.39, 0.29) is 29.5 Å². The Kier molecular flexibility index (Phi) is 4.33. The lowest BCUT2D eigenvalue weighted by Crippen LogP contribution is -2.31. The predicted octanol–water partition coefficient (Wildman–Crippen LogP) is 2.29. The summed E-state index contributed by atoms with van der Waals surface area (Å²) in [5, 5.41) is 8.31. The van der Waals surface area contributed by atoms with Crippen LogP contribution < -0.4 is 10.9 Å². The first-order valence-corrected chi connectivity index (χ1v) is 9.76. The van der Waals surface area contributed by atoms with Gasteiger partial charge in [0, 0.05) is 12.2 Å². The highest BCUT2D eigenvalue weighted by Crippen LogP contribution is 2.33. The first-order valence-electron chi connectivity index (χ1n) is 8.77. The molecule has 3 aromatic heterocycles. The van der Waals surface area contributed by atoms with Crippen molar-refractivity contribution in [2.24, 2.45) is 0 Å². The van der Waals surface area contributed by atoms with Crippen molar-refractivity contribution in [3.63, 3.8) is 0 Å². The Morgan fingerprint density at radius 1 is 1.44 bits per heavy atom. The van der Waals surface area contributed by atoms with Crippen molar-refractivity contribution < 1.29 is 9.21 Å². The number of hydrogen-bond acceptors (Lipinski definition) is 6. The first kappa shape index (κ1) is 17.8. The quantitative estimate of drug-likeness (QED) is 0.690. The van der Waals surface area contributed by atoms with Crippen LogP contribution in [-0.4, -0.2) is 31.0 Å². The lowest BCUT2D eigenvalue weighted by Gasteiger charge is -2.20. The van der Waals surface area contributed by atoms with Crippen molar-refractivity contribution in [3.8, 4) is 0 Å². The zero-order valence-electron chi connectivity index (χ0n) is 15.4. The number of rotatable bonds is 4. The van der Waals surface area contributed by atoms with Gasteiger partial charge in [-0.3, -0.25) is 14.2 Å². The van der Waals surface area contributed by atoms with Gasteiger partial charge < -0.3 is 9.73 Å². The molecule has 1 aliphatic rings. The van der Waals surface area contributed by atoms with Crippen LogP contribution in [0.25, 0.3) is 11.0 Å². The first-order chi connectivity index (χ1) is 12.8. The van der Waals surface area contributed by atoms with Crippen molar-refractivity contribution in [2.75, 3.05) is 5.75 Å². The van der Waals surface area contributed by atoms with E-state index < -0.39 is 0 Å². The zero-order valence-corrected chi connectivity index (χ0v) is 16.2. The van der Waals surface area contributed by atoms with Crippen molar-refractivity contribution in [3.05, 3.63) is 40.7 Å². The predicted molar refractivity (Wildman–Crippen MR) is 102 cm³/mol. The summed E-state index contributed by atoms with van der Waals surface area (Å²) in [6.07, 6.45) is 3.36. The Hall–Kier alpha value is -2.55. The molecule has 1 unspecified atom stereocenters. The fourth-order valence-corrected chi connectivity index (χ4v) is 4.29. The molecule has 9 heteroatoms. The fraction of sp³-hybridized carbons (Fsp3) is 0.444. The van der Waals surface area contributed by atoms with E-state index in [4.69, 9.17) is 4.42 Å². The Morgan fingerprint density at radius 2 is 2.26 bits per heavy atom. The average Bonchev–Trinajstić information content (AvgIpc) is 3.32. The summed E-state index contributed by atoms with van der Waals surface area (Å²) in [7, 11) is 0. The largest absolute Gasteiger partial charge is 0.467 e. The van der Waals surface area contributed by atoms with Gasteiger partial charge in [-0.1, -0.05) is 11.8 Å². The van der Waals surface area contributed by atoms with Crippen LogP contribution in [0.3, 0.4) is 0 Å². The van der Waals surface area contributed by atoms with Crippen LogP contribution in [0.4, 0.5) is 0 Å². The minimum Gasteiger partial charge on any atom is -0.467 e. The molecule has 4 rings (SSSR count). The molecule has 3 aromatic rings. The summed E-state index contributed by atoms with van der Waals surface area (Å²) in [5.41, 5.74) is 0.183. The molecule has 0 fully saturated rings. The van der Waals surface area contributed by atoms with Gasteiger partial charge in [-0.2, -0.15) is 5.10 Å². The van der Waals surface area contributed by atoms with Gasteiger partial charge in [0.2, 0.25) is 5.91 Å². The molecule has 8 nitrogen and oxygen atoms in total. The Morgan fingerprint density at radius 3 is 2.96 bits per heavy atom. The van der Waals surface area contributed by atoms with E-state index in [0.717, 1.165) is 0 Å². The molecule has 0 saturated carbocycles. The minimum atomic E-state index is -0.269. The number of nitrogens with zero attached hydrogens (tertiary/aromatic N) is 4. The van der Waals surface area contributed by atoms with Crippen LogP contribution in [0.15, 0.2) is 39.0 Å². The third-order valence-electron chi connectivity index (χ3n) is 4.47. The summed E-state index contributed by atoms with van der Waals surface area (Å²) in [6, 6.07) is 3.36. The smallest absolute Gasteiger partial charge is 0.265 e. The molecule has 0 spiro atoms. The molecule has 0 aliphatic carbocycles.